The Morgan fingerprint density at radius 3 is 2.59 bits per heavy atom. The van der Waals surface area contributed by atoms with Crippen molar-refractivity contribution in [2.45, 2.75) is 26.7 Å². The molecule has 2 aromatic rings. The fraction of sp³-hybridized carbons (Fsp3) is 0.400. The Morgan fingerprint density at radius 2 is 1.89 bits per heavy atom. The summed E-state index contributed by atoms with van der Waals surface area (Å²) in [5.74, 6) is 0.893. The van der Waals surface area contributed by atoms with Crippen LogP contribution in [0.25, 0.3) is 0 Å². The monoisotopic (exact) mass is 368 g/mol. The van der Waals surface area contributed by atoms with E-state index in [1.807, 2.05) is 24.3 Å². The molecule has 27 heavy (non-hydrogen) atoms. The maximum atomic E-state index is 12.7. The molecule has 1 saturated heterocycles. The number of furan rings is 1. The van der Waals surface area contributed by atoms with Gasteiger partial charge in [-0.1, -0.05) is 6.92 Å². The minimum Gasteiger partial charge on any atom is -0.444 e. The van der Waals surface area contributed by atoms with Crippen molar-refractivity contribution in [2.75, 3.05) is 35.3 Å². The first-order valence-electron chi connectivity index (χ1n) is 9.34. The summed E-state index contributed by atoms with van der Waals surface area (Å²) in [6, 6.07) is 7.84. The molecule has 142 valence electrons. The minimum absolute atomic E-state index is 0.260. The number of benzene rings is 1. The number of fused-ring (bicyclic) bond motifs is 1. The molecule has 1 aromatic heterocycles. The van der Waals surface area contributed by atoms with E-state index in [1.54, 1.807) is 6.92 Å². The van der Waals surface area contributed by atoms with E-state index in [-0.39, 0.29) is 29.6 Å². The van der Waals surface area contributed by atoms with Gasteiger partial charge in [0, 0.05) is 24.5 Å². The highest BCUT2D eigenvalue weighted by Gasteiger charge is 2.30. The van der Waals surface area contributed by atoms with Crippen molar-refractivity contribution in [1.29, 1.82) is 0 Å². The summed E-state index contributed by atoms with van der Waals surface area (Å²) in [5.41, 5.74) is 2.38. The van der Waals surface area contributed by atoms with E-state index < -0.39 is 0 Å². The van der Waals surface area contributed by atoms with Crippen molar-refractivity contribution >= 4 is 29.1 Å². The molecule has 2 aliphatic heterocycles. The van der Waals surface area contributed by atoms with Crippen LogP contribution in [-0.2, 0) is 0 Å². The summed E-state index contributed by atoms with van der Waals surface area (Å²) < 4.78 is 5.53. The topological polar surface area (TPSA) is 86.6 Å². The quantitative estimate of drug-likeness (QED) is 0.775. The molecule has 2 amide bonds. The Labute approximate surface area is 158 Å². The molecule has 7 nitrogen and oxygen atoms in total. The molecule has 3 N–H and O–H groups in total. The van der Waals surface area contributed by atoms with Crippen LogP contribution in [0.2, 0.25) is 0 Å². The van der Waals surface area contributed by atoms with Crippen molar-refractivity contribution in [3.8, 4) is 0 Å². The number of aryl methyl sites for hydroxylation is 1. The third-order valence-electron chi connectivity index (χ3n) is 5.31. The average molecular weight is 368 g/mol. The Balaban J connectivity index is 1.49. The van der Waals surface area contributed by atoms with Gasteiger partial charge in [0.05, 0.1) is 12.2 Å². The first kappa shape index (κ1) is 17.5. The van der Waals surface area contributed by atoms with Crippen LogP contribution in [0.15, 0.2) is 28.7 Å². The zero-order valence-corrected chi connectivity index (χ0v) is 15.6. The lowest BCUT2D eigenvalue weighted by Crippen LogP contribution is -2.35. The number of nitrogens with one attached hydrogen (secondary N) is 3. The van der Waals surface area contributed by atoms with Crippen LogP contribution in [0.1, 0.15) is 46.2 Å². The molecule has 2 aliphatic rings. The number of piperidine rings is 1. The average Bonchev–Trinajstić information content (AvgIpc) is 3.00. The lowest BCUT2D eigenvalue weighted by Gasteiger charge is -2.32. The zero-order chi connectivity index (χ0) is 19.0. The number of nitrogens with zero attached hydrogens (tertiary/aromatic N) is 1. The van der Waals surface area contributed by atoms with Crippen molar-refractivity contribution in [2.24, 2.45) is 5.92 Å². The molecule has 0 aliphatic carbocycles. The maximum absolute atomic E-state index is 12.7. The molecule has 3 heterocycles. The fourth-order valence-electron chi connectivity index (χ4n) is 3.67. The Hall–Kier alpha value is -2.96. The van der Waals surface area contributed by atoms with Gasteiger partial charge in [0.15, 0.2) is 0 Å². The molecule has 0 atom stereocenters. The van der Waals surface area contributed by atoms with Gasteiger partial charge in [-0.2, -0.15) is 0 Å². The van der Waals surface area contributed by atoms with Crippen molar-refractivity contribution in [3.05, 3.63) is 41.2 Å². The molecule has 1 fully saturated rings. The smallest absolute Gasteiger partial charge is 0.260 e. The number of amides is 2. The van der Waals surface area contributed by atoms with E-state index in [0.29, 0.717) is 17.3 Å². The molecular formula is C20H24N4O3. The second-order valence-corrected chi connectivity index (χ2v) is 7.27. The number of carbonyl (C=O) groups excluding carboxylic acids is 2. The predicted molar refractivity (Wildman–Crippen MR) is 104 cm³/mol. The third kappa shape index (κ3) is 3.37. The van der Waals surface area contributed by atoms with Crippen molar-refractivity contribution in [3.63, 3.8) is 0 Å². The standard InChI is InChI=1S/C20H24N4O3/c1-12-7-9-24(10-8-12)15-5-3-14(4-6-15)23-19(26)16-13(2)27-20-17(16)18(25)21-11-22-20/h3-6,12,22H,7-11H2,1-2H3,(H,21,25)(H,23,26). The van der Waals surface area contributed by atoms with Gasteiger partial charge >= 0.3 is 0 Å². The van der Waals surface area contributed by atoms with Gasteiger partial charge in [-0.15, -0.1) is 0 Å². The van der Waals surface area contributed by atoms with Gasteiger partial charge in [0.2, 0.25) is 5.88 Å². The van der Waals surface area contributed by atoms with Gasteiger partial charge in [-0.05, 0) is 49.9 Å². The number of rotatable bonds is 3. The van der Waals surface area contributed by atoms with Gasteiger partial charge < -0.3 is 25.3 Å². The van der Waals surface area contributed by atoms with E-state index in [0.717, 1.165) is 19.0 Å². The van der Waals surface area contributed by atoms with Crippen molar-refractivity contribution < 1.29 is 14.0 Å². The van der Waals surface area contributed by atoms with Crippen LogP contribution >= 0.6 is 0 Å². The highest BCUT2D eigenvalue weighted by molar-refractivity contribution is 6.15. The largest absolute Gasteiger partial charge is 0.444 e. The van der Waals surface area contributed by atoms with Gasteiger partial charge in [0.25, 0.3) is 11.8 Å². The molecule has 0 bridgehead atoms. The van der Waals surface area contributed by atoms with Crippen LogP contribution in [0.4, 0.5) is 17.3 Å². The normalized spacial score (nSPS) is 17.1. The molecular weight excluding hydrogens is 344 g/mol. The Kier molecular flexibility index (Phi) is 4.51. The predicted octanol–water partition coefficient (Wildman–Crippen LogP) is 3.19. The zero-order valence-electron chi connectivity index (χ0n) is 15.6. The summed E-state index contributed by atoms with van der Waals surface area (Å²) in [6.07, 6.45) is 2.42. The molecule has 0 unspecified atom stereocenters. The lowest BCUT2D eigenvalue weighted by atomic mass is 9.99. The van der Waals surface area contributed by atoms with E-state index in [4.69, 9.17) is 4.42 Å². The van der Waals surface area contributed by atoms with Crippen LogP contribution in [0.3, 0.4) is 0 Å². The van der Waals surface area contributed by atoms with Gasteiger partial charge in [-0.25, -0.2) is 0 Å². The summed E-state index contributed by atoms with van der Waals surface area (Å²) in [7, 11) is 0. The second-order valence-electron chi connectivity index (χ2n) is 7.27. The fourth-order valence-corrected chi connectivity index (χ4v) is 3.67. The highest BCUT2D eigenvalue weighted by Crippen LogP contribution is 2.30. The summed E-state index contributed by atoms with van der Waals surface area (Å²) in [6.45, 7) is 6.40. The summed E-state index contributed by atoms with van der Waals surface area (Å²) in [4.78, 5) is 27.2. The molecule has 0 radical (unpaired) electrons. The first-order valence-corrected chi connectivity index (χ1v) is 9.34. The Morgan fingerprint density at radius 1 is 1.19 bits per heavy atom. The summed E-state index contributed by atoms with van der Waals surface area (Å²) >= 11 is 0. The highest BCUT2D eigenvalue weighted by atomic mass is 16.4. The van der Waals surface area contributed by atoms with Crippen LogP contribution in [-0.4, -0.2) is 31.6 Å². The molecule has 4 rings (SSSR count). The number of anilines is 3. The van der Waals surface area contributed by atoms with E-state index in [9.17, 15) is 9.59 Å². The molecule has 7 heteroatoms. The number of hydrogen-bond donors (Lipinski definition) is 3. The maximum Gasteiger partial charge on any atom is 0.260 e. The van der Waals surface area contributed by atoms with Gasteiger partial charge in [0.1, 0.15) is 11.3 Å². The van der Waals surface area contributed by atoms with Crippen molar-refractivity contribution in [1.82, 2.24) is 5.32 Å². The SMILES string of the molecule is Cc1oc2c(c1C(=O)Nc1ccc(N3CCC(C)CC3)cc1)C(=O)NCN2. The van der Waals surface area contributed by atoms with Crippen LogP contribution < -0.4 is 20.9 Å². The minimum atomic E-state index is -0.351. The Bertz CT molecular complexity index is 864. The molecule has 0 saturated carbocycles. The van der Waals surface area contributed by atoms with Gasteiger partial charge in [-0.3, -0.25) is 9.59 Å². The number of carbonyl (C=O) groups is 2. The third-order valence-corrected chi connectivity index (χ3v) is 5.31. The molecule has 1 aromatic carbocycles. The number of hydrogen-bond acceptors (Lipinski definition) is 5. The molecule has 0 spiro atoms. The first-order chi connectivity index (χ1) is 13.0. The van der Waals surface area contributed by atoms with E-state index >= 15 is 0 Å². The van der Waals surface area contributed by atoms with E-state index in [2.05, 4.69) is 27.8 Å². The summed E-state index contributed by atoms with van der Waals surface area (Å²) in [5, 5.41) is 8.47. The van der Waals surface area contributed by atoms with Crippen LogP contribution in [0.5, 0.6) is 0 Å². The van der Waals surface area contributed by atoms with Crippen LogP contribution in [0, 0.1) is 12.8 Å². The van der Waals surface area contributed by atoms with E-state index in [1.165, 1.54) is 18.5 Å². The lowest BCUT2D eigenvalue weighted by molar-refractivity contribution is 0.0939. The second kappa shape index (κ2) is 6.98.